The van der Waals surface area contributed by atoms with Gasteiger partial charge in [-0.1, -0.05) is 38.3 Å². The number of fused-ring (bicyclic) bond motifs is 1. The molecule has 1 aromatic heterocycles. The number of nitrogens with one attached hydrogen (secondary N) is 2. The molecule has 65 heavy (non-hydrogen) atoms. The van der Waals surface area contributed by atoms with Crippen LogP contribution < -0.4 is 26.2 Å². The third-order valence-electron chi connectivity index (χ3n) is 15.1. The van der Waals surface area contributed by atoms with E-state index in [1.54, 1.807) is 18.3 Å². The number of hydrogen-bond donors (Lipinski definition) is 3. The van der Waals surface area contributed by atoms with E-state index >= 15 is 0 Å². The molecule has 6 amide bonds. The maximum Gasteiger partial charge on any atom is 0.320 e. The Bertz CT molecular complexity index is 2320. The number of urea groups is 1. The zero-order valence-corrected chi connectivity index (χ0v) is 37.5. The van der Waals surface area contributed by atoms with Crippen LogP contribution in [0.2, 0.25) is 0 Å². The van der Waals surface area contributed by atoms with E-state index < -0.39 is 29.7 Å². The molecule has 3 aromatic rings. The van der Waals surface area contributed by atoms with Gasteiger partial charge in [0.2, 0.25) is 5.91 Å². The first kappa shape index (κ1) is 44.1. The molecule has 6 heterocycles. The van der Waals surface area contributed by atoms with Gasteiger partial charge in [-0.05, 0) is 99.3 Å². The van der Waals surface area contributed by atoms with Gasteiger partial charge in [-0.2, -0.15) is 0 Å². The van der Waals surface area contributed by atoms with Crippen molar-refractivity contribution in [1.29, 1.82) is 0 Å². The summed E-state index contributed by atoms with van der Waals surface area (Å²) in [4.78, 5) is 98.0. The third-order valence-corrected chi connectivity index (χ3v) is 15.1. The molecule has 6 aliphatic rings. The van der Waals surface area contributed by atoms with Gasteiger partial charge in [-0.25, -0.2) is 14.8 Å². The predicted octanol–water partition coefficient (Wildman–Crippen LogP) is 4.29. The molecular formula is C48H61N11O6. The van der Waals surface area contributed by atoms with E-state index in [-0.39, 0.29) is 47.2 Å². The van der Waals surface area contributed by atoms with Gasteiger partial charge in [0.05, 0.1) is 23.4 Å². The fourth-order valence-electron chi connectivity index (χ4n) is 11.0. The largest absolute Gasteiger partial charge is 0.368 e. The quantitative estimate of drug-likeness (QED) is 0.154. The van der Waals surface area contributed by atoms with Crippen molar-refractivity contribution in [2.24, 2.45) is 5.73 Å². The molecule has 1 saturated carbocycles. The van der Waals surface area contributed by atoms with E-state index in [1.807, 2.05) is 18.2 Å². The van der Waals surface area contributed by atoms with E-state index in [0.717, 1.165) is 101 Å². The fraction of sp³-hybridized carbons (Fsp3) is 0.542. The van der Waals surface area contributed by atoms with E-state index in [4.69, 9.17) is 10.7 Å². The van der Waals surface area contributed by atoms with Crippen LogP contribution in [0.5, 0.6) is 0 Å². The monoisotopic (exact) mass is 887 g/mol. The smallest absolute Gasteiger partial charge is 0.320 e. The first-order valence-electron chi connectivity index (χ1n) is 23.5. The van der Waals surface area contributed by atoms with Crippen molar-refractivity contribution in [3.63, 3.8) is 0 Å². The Balaban J connectivity index is 0.790. The highest BCUT2D eigenvalue weighted by molar-refractivity contribution is 6.23. The van der Waals surface area contributed by atoms with E-state index in [1.165, 1.54) is 31.9 Å². The number of amides is 6. The molecule has 2 aromatic carbocycles. The van der Waals surface area contributed by atoms with Gasteiger partial charge >= 0.3 is 6.03 Å². The van der Waals surface area contributed by atoms with Crippen molar-refractivity contribution in [1.82, 2.24) is 34.9 Å². The highest BCUT2D eigenvalue weighted by atomic mass is 16.2. The molecule has 4 N–H and O–H groups in total. The molecule has 2 atom stereocenters. The van der Waals surface area contributed by atoms with Crippen LogP contribution in [0.1, 0.15) is 114 Å². The number of rotatable bonds is 14. The molecule has 1 aliphatic carbocycles. The SMILES string of the molecule is CNC(=O)C(CCC=O)N1C(=O)c2ccc(N3CC(N4CCC(C)(c5ccc(Nc6nc(N7CCCC(N8CCN(C9CCCCC9)C8=O)C7)cnc6C(N)=O)cc5)CC4)C3)cc2C1=O. The molecule has 2 unspecified atom stereocenters. The van der Waals surface area contributed by atoms with Crippen LogP contribution in [0.3, 0.4) is 0 Å². The zero-order chi connectivity index (χ0) is 45.4. The molecule has 4 saturated heterocycles. The molecular weight excluding hydrogens is 827 g/mol. The first-order valence-corrected chi connectivity index (χ1v) is 23.5. The lowest BCUT2D eigenvalue weighted by atomic mass is 9.74. The average Bonchev–Trinajstić information content (AvgIpc) is 3.82. The minimum absolute atomic E-state index is 0.0252. The summed E-state index contributed by atoms with van der Waals surface area (Å²) in [5, 5.41) is 5.85. The predicted molar refractivity (Wildman–Crippen MR) is 245 cm³/mol. The van der Waals surface area contributed by atoms with Crippen molar-refractivity contribution in [2.45, 2.75) is 107 Å². The molecule has 5 aliphatic heterocycles. The minimum atomic E-state index is -1.05. The van der Waals surface area contributed by atoms with Gasteiger partial charge in [0, 0.05) is 76.2 Å². The van der Waals surface area contributed by atoms with Gasteiger partial charge < -0.3 is 40.8 Å². The zero-order valence-electron chi connectivity index (χ0n) is 37.5. The number of piperidine rings is 2. The molecule has 17 heteroatoms. The number of hydrogen-bond acceptors (Lipinski definition) is 12. The van der Waals surface area contributed by atoms with E-state index in [2.05, 4.69) is 59.2 Å². The van der Waals surface area contributed by atoms with Crippen LogP contribution in [0.4, 0.5) is 27.8 Å². The van der Waals surface area contributed by atoms with Crippen LogP contribution >= 0.6 is 0 Å². The molecule has 17 nitrogen and oxygen atoms in total. The van der Waals surface area contributed by atoms with Crippen molar-refractivity contribution in [2.75, 3.05) is 74.5 Å². The van der Waals surface area contributed by atoms with E-state index in [9.17, 15) is 28.8 Å². The van der Waals surface area contributed by atoms with Crippen LogP contribution in [0.25, 0.3) is 0 Å². The first-order chi connectivity index (χ1) is 31.5. The Labute approximate surface area is 380 Å². The number of anilines is 4. The second kappa shape index (κ2) is 18.4. The topological polar surface area (TPSA) is 198 Å². The second-order valence-corrected chi connectivity index (χ2v) is 18.9. The van der Waals surface area contributed by atoms with E-state index in [0.29, 0.717) is 36.6 Å². The molecule has 0 spiro atoms. The number of aromatic nitrogens is 2. The maximum absolute atomic E-state index is 13.6. The normalized spacial score (nSPS) is 22.2. The average molecular weight is 888 g/mol. The summed E-state index contributed by atoms with van der Waals surface area (Å²) in [6, 6.07) is 13.5. The number of nitrogens with zero attached hydrogens (tertiary/aromatic N) is 8. The van der Waals surface area contributed by atoms with Crippen molar-refractivity contribution in [3.8, 4) is 0 Å². The summed E-state index contributed by atoms with van der Waals surface area (Å²) in [7, 11) is 1.45. The number of primary amides is 1. The third kappa shape index (κ3) is 8.62. The molecule has 9 rings (SSSR count). The molecule has 0 bridgehead atoms. The minimum Gasteiger partial charge on any atom is -0.368 e. The Morgan fingerprint density at radius 1 is 0.831 bits per heavy atom. The number of imide groups is 1. The Hall–Kier alpha value is -6.10. The van der Waals surface area contributed by atoms with Crippen LogP contribution in [0.15, 0.2) is 48.7 Å². The number of aldehydes is 1. The maximum atomic E-state index is 13.6. The summed E-state index contributed by atoms with van der Waals surface area (Å²) in [6.45, 7) is 8.78. The fourth-order valence-corrected chi connectivity index (χ4v) is 11.0. The Morgan fingerprint density at radius 3 is 2.20 bits per heavy atom. The lowest BCUT2D eigenvalue weighted by Crippen LogP contribution is -2.61. The summed E-state index contributed by atoms with van der Waals surface area (Å²) in [5.41, 5.74) is 9.26. The summed E-state index contributed by atoms with van der Waals surface area (Å²) >= 11 is 0. The highest BCUT2D eigenvalue weighted by Gasteiger charge is 2.44. The molecule has 0 radical (unpaired) electrons. The van der Waals surface area contributed by atoms with Crippen molar-refractivity contribution < 1.29 is 28.8 Å². The van der Waals surface area contributed by atoms with Crippen molar-refractivity contribution in [3.05, 3.63) is 71.0 Å². The van der Waals surface area contributed by atoms with Crippen LogP contribution in [-0.4, -0.2) is 149 Å². The second-order valence-electron chi connectivity index (χ2n) is 18.9. The van der Waals surface area contributed by atoms with Gasteiger partial charge in [-0.3, -0.25) is 29.0 Å². The van der Waals surface area contributed by atoms with Crippen LogP contribution in [0, 0.1) is 0 Å². The van der Waals surface area contributed by atoms with Crippen molar-refractivity contribution >= 4 is 59.0 Å². The Kier molecular flexibility index (Phi) is 12.5. The number of carbonyl (C=O) groups is 6. The summed E-state index contributed by atoms with van der Waals surface area (Å²) in [6.07, 6.45) is 12.1. The van der Waals surface area contributed by atoms with Gasteiger partial charge in [0.15, 0.2) is 11.5 Å². The molecule has 5 fully saturated rings. The van der Waals surface area contributed by atoms with Crippen LogP contribution in [-0.2, 0) is 15.0 Å². The van der Waals surface area contributed by atoms with Gasteiger partial charge in [0.1, 0.15) is 18.1 Å². The van der Waals surface area contributed by atoms with Gasteiger partial charge in [0.25, 0.3) is 17.7 Å². The lowest BCUT2D eigenvalue weighted by Gasteiger charge is -2.50. The number of likely N-dealkylation sites (tertiary alicyclic amines) is 1. The number of benzene rings is 2. The molecule has 344 valence electrons. The Morgan fingerprint density at radius 2 is 1.51 bits per heavy atom. The highest BCUT2D eigenvalue weighted by Crippen LogP contribution is 2.39. The standard InChI is InChI=1S/C48H61N11O6/c1-48(18-21-54(22-19-48)36-29-56(30-36)34-16-17-37-38(26-34)46(64)59(45(37)63)39(11-7-25-60)44(62)50-2)31-12-14-32(15-13-31)52-43-41(42(49)61)51-27-40(53-43)55-20-6-10-35(28-55)58-24-23-57(47(58)65)33-8-4-3-5-9-33/h12-17,25-27,33,35-36,39H,3-11,18-24,28-30H2,1-2H3,(H2,49,61)(H,50,62)(H,52,53). The number of nitrogens with two attached hydrogens (primary N) is 1. The number of carbonyl (C=O) groups excluding carboxylic acids is 6. The summed E-state index contributed by atoms with van der Waals surface area (Å²) < 4.78 is 0. The summed E-state index contributed by atoms with van der Waals surface area (Å²) in [5.74, 6) is -1.22. The number of likely N-dealkylation sites (N-methyl/N-ethyl adjacent to an activating group) is 1. The van der Waals surface area contributed by atoms with Gasteiger partial charge in [-0.15, -0.1) is 0 Å². The lowest BCUT2D eigenvalue weighted by molar-refractivity contribution is -0.124.